The van der Waals surface area contributed by atoms with Crippen LogP contribution in [-0.4, -0.2) is 50.4 Å². The maximum atomic E-state index is 12.0. The predicted octanol–water partition coefficient (Wildman–Crippen LogP) is 1.72. The van der Waals surface area contributed by atoms with Gasteiger partial charge in [-0.15, -0.1) is 0 Å². The number of pyridine rings is 1. The van der Waals surface area contributed by atoms with Crippen LogP contribution < -0.4 is 5.32 Å². The molecule has 0 spiro atoms. The molecule has 0 aliphatic heterocycles. The van der Waals surface area contributed by atoms with Crippen LogP contribution >= 0.6 is 0 Å². The van der Waals surface area contributed by atoms with Crippen LogP contribution in [0.4, 0.5) is 0 Å². The van der Waals surface area contributed by atoms with Gasteiger partial charge in [-0.3, -0.25) is 13.8 Å². The fourth-order valence-corrected chi connectivity index (χ4v) is 2.56. The van der Waals surface area contributed by atoms with Gasteiger partial charge in [0.05, 0.1) is 11.2 Å². The number of fused-ring (bicyclic) bond motifs is 1. The number of rotatable bonds is 6. The van der Waals surface area contributed by atoms with Gasteiger partial charge in [-0.1, -0.05) is 13.0 Å². The Balaban J connectivity index is 1.98. The smallest absolute Gasteiger partial charge is 0.271 e. The molecule has 3 aromatic heterocycles. The van der Waals surface area contributed by atoms with Gasteiger partial charge in [-0.2, -0.15) is 0 Å². The monoisotopic (exact) mass is 326 g/mol. The zero-order valence-electron chi connectivity index (χ0n) is 14.2. The zero-order chi connectivity index (χ0) is 17.1. The highest BCUT2D eigenvalue weighted by Crippen LogP contribution is 2.17. The standard InChI is InChI=1S/C17H22N6O/c1-4-8-18-16(24)14-11-22(12-19-14)17-20-13(10-21(2)3)15-7-5-6-9-23(15)17/h5-7,9,11-12H,4,8,10H2,1-3H3,(H,18,24). The molecule has 0 unspecified atom stereocenters. The van der Waals surface area contributed by atoms with E-state index >= 15 is 0 Å². The minimum atomic E-state index is -0.162. The van der Waals surface area contributed by atoms with Crippen molar-refractivity contribution < 1.29 is 4.79 Å². The molecule has 3 rings (SSSR count). The van der Waals surface area contributed by atoms with Crippen molar-refractivity contribution in [2.75, 3.05) is 20.6 Å². The first-order valence-electron chi connectivity index (χ1n) is 8.03. The molecule has 0 fully saturated rings. The number of amides is 1. The molecule has 7 heteroatoms. The molecule has 0 bridgehead atoms. The van der Waals surface area contributed by atoms with E-state index in [1.807, 2.05) is 49.8 Å². The molecule has 0 saturated heterocycles. The second kappa shape index (κ2) is 6.84. The Bertz CT molecular complexity index is 848. The lowest BCUT2D eigenvalue weighted by Crippen LogP contribution is -2.24. The van der Waals surface area contributed by atoms with Crippen LogP contribution in [0.25, 0.3) is 11.5 Å². The average Bonchev–Trinajstić information content (AvgIpc) is 3.18. The maximum absolute atomic E-state index is 12.0. The Hall–Kier alpha value is -2.67. The molecule has 1 N–H and O–H groups in total. The maximum Gasteiger partial charge on any atom is 0.271 e. The first kappa shape index (κ1) is 16.2. The summed E-state index contributed by atoms with van der Waals surface area (Å²) >= 11 is 0. The van der Waals surface area contributed by atoms with Gasteiger partial charge >= 0.3 is 0 Å². The van der Waals surface area contributed by atoms with Gasteiger partial charge in [-0.25, -0.2) is 9.97 Å². The second-order valence-corrected chi connectivity index (χ2v) is 5.97. The van der Waals surface area contributed by atoms with E-state index in [2.05, 4.69) is 15.2 Å². The summed E-state index contributed by atoms with van der Waals surface area (Å²) in [6, 6.07) is 6.00. The molecule has 0 aliphatic rings. The van der Waals surface area contributed by atoms with Crippen LogP contribution in [0.3, 0.4) is 0 Å². The van der Waals surface area contributed by atoms with Gasteiger partial charge < -0.3 is 10.2 Å². The predicted molar refractivity (Wildman–Crippen MR) is 92.3 cm³/mol. The summed E-state index contributed by atoms with van der Waals surface area (Å²) in [6.45, 7) is 3.40. The number of hydrogen-bond acceptors (Lipinski definition) is 4. The Morgan fingerprint density at radius 3 is 2.92 bits per heavy atom. The number of carbonyl (C=O) groups is 1. The normalized spacial score (nSPS) is 11.3. The van der Waals surface area contributed by atoms with Gasteiger partial charge in [0.1, 0.15) is 12.0 Å². The number of aromatic nitrogens is 4. The first-order chi connectivity index (χ1) is 11.6. The Morgan fingerprint density at radius 1 is 1.33 bits per heavy atom. The van der Waals surface area contributed by atoms with E-state index in [1.165, 1.54) is 0 Å². The number of nitrogens with zero attached hydrogens (tertiary/aromatic N) is 5. The molecular weight excluding hydrogens is 304 g/mol. The third-order valence-electron chi connectivity index (χ3n) is 3.65. The van der Waals surface area contributed by atoms with Crippen LogP contribution in [0.5, 0.6) is 0 Å². The van der Waals surface area contributed by atoms with Crippen molar-refractivity contribution in [2.24, 2.45) is 0 Å². The van der Waals surface area contributed by atoms with E-state index < -0.39 is 0 Å². The number of hydrogen-bond donors (Lipinski definition) is 1. The zero-order valence-corrected chi connectivity index (χ0v) is 14.2. The van der Waals surface area contributed by atoms with Gasteiger partial charge in [0.2, 0.25) is 5.95 Å². The van der Waals surface area contributed by atoms with Crippen molar-refractivity contribution in [3.05, 3.63) is 48.3 Å². The molecule has 1 amide bonds. The van der Waals surface area contributed by atoms with Gasteiger partial charge in [0.15, 0.2) is 0 Å². The summed E-state index contributed by atoms with van der Waals surface area (Å²) in [7, 11) is 4.03. The van der Waals surface area contributed by atoms with Crippen LogP contribution in [-0.2, 0) is 6.54 Å². The molecule has 3 heterocycles. The summed E-state index contributed by atoms with van der Waals surface area (Å²) in [5.41, 5.74) is 2.43. The van der Waals surface area contributed by atoms with E-state index in [0.717, 1.165) is 30.1 Å². The lowest BCUT2D eigenvalue weighted by atomic mass is 10.3. The van der Waals surface area contributed by atoms with E-state index in [0.29, 0.717) is 12.2 Å². The van der Waals surface area contributed by atoms with Crippen molar-refractivity contribution in [1.82, 2.24) is 29.2 Å². The highest BCUT2D eigenvalue weighted by Gasteiger charge is 2.15. The van der Waals surface area contributed by atoms with Crippen LogP contribution in [0.15, 0.2) is 36.9 Å². The average molecular weight is 326 g/mol. The highest BCUT2D eigenvalue weighted by molar-refractivity contribution is 5.92. The SMILES string of the molecule is CCCNC(=O)c1cn(-c2nc(CN(C)C)c3ccccn23)cn1. The van der Waals surface area contributed by atoms with Crippen LogP contribution in [0, 0.1) is 0 Å². The Morgan fingerprint density at radius 2 is 2.17 bits per heavy atom. The van der Waals surface area contributed by atoms with Gasteiger partial charge in [0, 0.05) is 25.5 Å². The fourth-order valence-electron chi connectivity index (χ4n) is 2.56. The summed E-state index contributed by atoms with van der Waals surface area (Å²) in [5, 5.41) is 2.83. The van der Waals surface area contributed by atoms with Crippen molar-refractivity contribution in [1.29, 1.82) is 0 Å². The minimum absolute atomic E-state index is 0.162. The lowest BCUT2D eigenvalue weighted by molar-refractivity contribution is 0.0949. The quantitative estimate of drug-likeness (QED) is 0.749. The number of imidazole rings is 2. The van der Waals surface area contributed by atoms with Gasteiger partial charge in [-0.05, 0) is 32.6 Å². The Kier molecular flexibility index (Phi) is 4.61. The summed E-state index contributed by atoms with van der Waals surface area (Å²) in [4.78, 5) is 23.1. The second-order valence-electron chi connectivity index (χ2n) is 5.97. The van der Waals surface area contributed by atoms with Crippen molar-refractivity contribution >= 4 is 11.4 Å². The molecule has 0 aliphatic carbocycles. The summed E-state index contributed by atoms with van der Waals surface area (Å²) in [5.74, 6) is 0.564. The topological polar surface area (TPSA) is 67.5 Å². The molecule has 3 aromatic rings. The molecule has 7 nitrogen and oxygen atoms in total. The Labute approximate surface area is 140 Å². The fraction of sp³-hybridized carbons (Fsp3) is 0.353. The number of carbonyl (C=O) groups excluding carboxylic acids is 1. The number of nitrogens with one attached hydrogen (secondary N) is 1. The van der Waals surface area contributed by atoms with Crippen molar-refractivity contribution in [3.8, 4) is 5.95 Å². The summed E-state index contributed by atoms with van der Waals surface area (Å²) < 4.78 is 3.79. The highest BCUT2D eigenvalue weighted by atomic mass is 16.1. The van der Waals surface area contributed by atoms with Crippen LogP contribution in [0.1, 0.15) is 29.5 Å². The van der Waals surface area contributed by atoms with Crippen molar-refractivity contribution in [2.45, 2.75) is 19.9 Å². The molecule has 0 radical (unpaired) electrons. The largest absolute Gasteiger partial charge is 0.351 e. The van der Waals surface area contributed by atoms with Gasteiger partial charge in [0.25, 0.3) is 5.91 Å². The molecule has 0 aromatic carbocycles. The lowest BCUT2D eigenvalue weighted by Gasteiger charge is -2.06. The van der Waals surface area contributed by atoms with E-state index in [-0.39, 0.29) is 5.91 Å². The third kappa shape index (κ3) is 3.16. The van der Waals surface area contributed by atoms with E-state index in [9.17, 15) is 4.79 Å². The van der Waals surface area contributed by atoms with Crippen LogP contribution in [0.2, 0.25) is 0 Å². The molecule has 0 saturated carbocycles. The van der Waals surface area contributed by atoms with E-state index in [1.54, 1.807) is 17.1 Å². The minimum Gasteiger partial charge on any atom is -0.351 e. The van der Waals surface area contributed by atoms with Crippen molar-refractivity contribution in [3.63, 3.8) is 0 Å². The molecule has 0 atom stereocenters. The molecule has 24 heavy (non-hydrogen) atoms. The summed E-state index contributed by atoms with van der Waals surface area (Å²) in [6.07, 6.45) is 6.20. The molecule has 126 valence electrons. The molecular formula is C17H22N6O. The van der Waals surface area contributed by atoms with E-state index in [4.69, 9.17) is 4.98 Å². The third-order valence-corrected chi connectivity index (χ3v) is 3.65. The first-order valence-corrected chi connectivity index (χ1v) is 8.03.